The number of carbonyl (C=O) groups excluding carboxylic acids is 1. The van der Waals surface area contributed by atoms with Crippen molar-refractivity contribution < 1.29 is 9.53 Å². The molecule has 4 rings (SSSR count). The molecule has 3 aromatic carbocycles. The monoisotopic (exact) mass is 510 g/mol. The third kappa shape index (κ3) is 8.51. The molecule has 1 aliphatic carbocycles. The molecule has 0 heterocycles. The topological polar surface area (TPSA) is 113 Å². The summed E-state index contributed by atoms with van der Waals surface area (Å²) >= 11 is 0. The Morgan fingerprint density at radius 3 is 2.39 bits per heavy atom. The van der Waals surface area contributed by atoms with Gasteiger partial charge in [0.2, 0.25) is 5.96 Å². The Kier molecular flexibility index (Phi) is 9.12. The van der Waals surface area contributed by atoms with Gasteiger partial charge in [-0.25, -0.2) is 4.99 Å². The summed E-state index contributed by atoms with van der Waals surface area (Å²) in [6.07, 6.45) is 3.01. The molecule has 1 amide bonds. The molecule has 1 saturated carbocycles. The molecule has 8 heteroatoms. The van der Waals surface area contributed by atoms with Crippen molar-refractivity contribution in [2.45, 2.75) is 38.8 Å². The zero-order chi connectivity index (χ0) is 26.7. The van der Waals surface area contributed by atoms with Crippen LogP contribution in [0.15, 0.2) is 101 Å². The normalized spacial score (nSPS) is 13.5. The molecule has 0 spiro atoms. The van der Waals surface area contributed by atoms with Crippen LogP contribution in [-0.4, -0.2) is 30.4 Å². The van der Waals surface area contributed by atoms with Crippen LogP contribution < -0.4 is 21.7 Å². The van der Waals surface area contributed by atoms with Crippen LogP contribution in [0.1, 0.15) is 41.3 Å². The van der Waals surface area contributed by atoms with Crippen LogP contribution in [0.4, 0.5) is 11.4 Å². The predicted molar refractivity (Wildman–Crippen MR) is 154 cm³/mol. The molecule has 0 bridgehead atoms. The predicted octanol–water partition coefficient (Wildman–Crippen LogP) is 4.87. The van der Waals surface area contributed by atoms with Crippen molar-refractivity contribution >= 4 is 29.1 Å². The number of aliphatic imine (C=N–C) groups is 2. The van der Waals surface area contributed by atoms with E-state index in [2.05, 4.69) is 44.6 Å². The summed E-state index contributed by atoms with van der Waals surface area (Å²) in [6, 6.07) is 25.0. The van der Waals surface area contributed by atoms with Crippen LogP contribution in [-0.2, 0) is 17.7 Å². The van der Waals surface area contributed by atoms with Crippen LogP contribution in [0.25, 0.3) is 0 Å². The molecule has 3 aromatic rings. The molecule has 1 aliphatic rings. The maximum Gasteiger partial charge on any atom is 0.255 e. The Morgan fingerprint density at radius 2 is 1.68 bits per heavy atom. The number of nitrogens with two attached hydrogens (primary N) is 1. The molecule has 0 saturated heterocycles. The van der Waals surface area contributed by atoms with Crippen molar-refractivity contribution in [3.63, 3.8) is 0 Å². The molecule has 38 heavy (non-hydrogen) atoms. The average Bonchev–Trinajstić information content (AvgIpc) is 3.73. The Labute approximate surface area is 223 Å². The van der Waals surface area contributed by atoms with E-state index in [0.29, 0.717) is 48.0 Å². The maximum absolute atomic E-state index is 12.6. The van der Waals surface area contributed by atoms with E-state index in [9.17, 15) is 4.79 Å². The first-order chi connectivity index (χ1) is 18.5. The third-order valence-corrected chi connectivity index (χ3v) is 5.83. The van der Waals surface area contributed by atoms with Crippen LogP contribution >= 0.6 is 0 Å². The van der Waals surface area contributed by atoms with Crippen LogP contribution in [0.3, 0.4) is 0 Å². The molecule has 0 aromatic heterocycles. The standard InChI is InChI=1S/C30H34N6O2/c1-21(33-26-16-17-26)34-30(35-22(2)38-19-18-23-8-4-3-5-9-23)32-20-24-12-14-25(15-13-24)29(37)36-28-11-7-6-10-27(28)31/h3-15,26H,2,16-20,31H2,1H3,(H,36,37)(H2,32,33,34,35). The first-order valence-electron chi connectivity index (χ1n) is 12.7. The molecule has 0 atom stereocenters. The summed E-state index contributed by atoms with van der Waals surface area (Å²) in [5.41, 5.74) is 9.70. The van der Waals surface area contributed by atoms with Crippen molar-refractivity contribution in [2.75, 3.05) is 17.7 Å². The minimum Gasteiger partial charge on any atom is -0.479 e. The highest BCUT2D eigenvalue weighted by atomic mass is 16.5. The lowest BCUT2D eigenvalue weighted by atomic mass is 10.1. The number of nitrogens with one attached hydrogen (secondary N) is 3. The van der Waals surface area contributed by atoms with Crippen LogP contribution in [0.5, 0.6) is 0 Å². The fourth-order valence-electron chi connectivity index (χ4n) is 3.63. The van der Waals surface area contributed by atoms with Gasteiger partial charge in [-0.15, -0.1) is 0 Å². The molecular weight excluding hydrogens is 476 g/mol. The summed E-state index contributed by atoms with van der Waals surface area (Å²) in [5, 5.41) is 9.20. The van der Waals surface area contributed by atoms with Crippen molar-refractivity contribution in [3.05, 3.63) is 108 Å². The third-order valence-electron chi connectivity index (χ3n) is 5.83. The van der Waals surface area contributed by atoms with Crippen molar-refractivity contribution in [1.29, 1.82) is 0 Å². The second-order valence-electron chi connectivity index (χ2n) is 9.11. The lowest BCUT2D eigenvalue weighted by Crippen LogP contribution is -2.40. The number of ether oxygens (including phenoxy) is 1. The first-order valence-corrected chi connectivity index (χ1v) is 12.7. The number of anilines is 2. The van der Waals surface area contributed by atoms with E-state index >= 15 is 0 Å². The van der Waals surface area contributed by atoms with Gasteiger partial charge < -0.3 is 21.1 Å². The Morgan fingerprint density at radius 1 is 0.974 bits per heavy atom. The Bertz CT molecular complexity index is 1300. The van der Waals surface area contributed by atoms with E-state index in [4.69, 9.17) is 10.5 Å². The van der Waals surface area contributed by atoms with E-state index < -0.39 is 0 Å². The van der Waals surface area contributed by atoms with Crippen molar-refractivity contribution in [3.8, 4) is 0 Å². The first kappa shape index (κ1) is 26.5. The highest BCUT2D eigenvalue weighted by molar-refractivity contribution is 6.05. The Hall–Kier alpha value is -4.59. The number of amidine groups is 1. The van der Waals surface area contributed by atoms with Gasteiger partial charge in [-0.1, -0.05) is 54.6 Å². The molecule has 0 radical (unpaired) electrons. The van der Waals surface area contributed by atoms with E-state index in [1.807, 2.05) is 49.4 Å². The minimum absolute atomic E-state index is 0.224. The number of hydrogen-bond acceptors (Lipinski definition) is 5. The SMILES string of the molecule is C=C(NC(=NCc1ccc(C(=O)Nc2ccccc2N)cc1)NC(C)=NC1CC1)OCCc1ccccc1. The highest BCUT2D eigenvalue weighted by Gasteiger charge is 2.20. The maximum atomic E-state index is 12.6. The molecular formula is C30H34N6O2. The molecule has 5 N–H and O–H groups in total. The van der Waals surface area contributed by atoms with Gasteiger partial charge in [-0.3, -0.25) is 15.1 Å². The summed E-state index contributed by atoms with van der Waals surface area (Å²) in [7, 11) is 0. The average molecular weight is 511 g/mol. The van der Waals surface area contributed by atoms with Crippen LogP contribution in [0.2, 0.25) is 0 Å². The Balaban J connectivity index is 1.35. The van der Waals surface area contributed by atoms with E-state index in [1.54, 1.807) is 24.3 Å². The second kappa shape index (κ2) is 13.1. The van der Waals surface area contributed by atoms with Gasteiger partial charge >= 0.3 is 0 Å². The van der Waals surface area contributed by atoms with Crippen molar-refractivity contribution in [2.24, 2.45) is 9.98 Å². The zero-order valence-corrected chi connectivity index (χ0v) is 21.6. The molecule has 0 aliphatic heterocycles. The molecule has 8 nitrogen and oxygen atoms in total. The second-order valence-corrected chi connectivity index (χ2v) is 9.11. The number of carbonyl (C=O) groups is 1. The van der Waals surface area contributed by atoms with Gasteiger partial charge in [0.05, 0.1) is 30.6 Å². The molecule has 1 fully saturated rings. The number of hydrogen-bond donors (Lipinski definition) is 4. The number of rotatable bonds is 10. The summed E-state index contributed by atoms with van der Waals surface area (Å²) in [4.78, 5) is 21.9. The largest absolute Gasteiger partial charge is 0.479 e. The number of amides is 1. The quantitative estimate of drug-likeness (QED) is 0.135. The lowest BCUT2D eigenvalue weighted by molar-refractivity contribution is 0.102. The van der Waals surface area contributed by atoms with E-state index in [1.165, 1.54) is 5.56 Å². The van der Waals surface area contributed by atoms with Crippen molar-refractivity contribution in [1.82, 2.24) is 10.6 Å². The van der Waals surface area contributed by atoms with Gasteiger partial charge in [0.1, 0.15) is 5.84 Å². The summed E-state index contributed by atoms with van der Waals surface area (Å²) in [5.74, 6) is 1.46. The van der Waals surface area contributed by atoms with Crippen LogP contribution in [0, 0.1) is 0 Å². The number of para-hydroxylation sites is 2. The molecule has 0 unspecified atom stereocenters. The number of nitrogens with zero attached hydrogens (tertiary/aromatic N) is 2. The zero-order valence-electron chi connectivity index (χ0n) is 21.6. The fourth-order valence-corrected chi connectivity index (χ4v) is 3.63. The summed E-state index contributed by atoms with van der Waals surface area (Å²) in [6.45, 7) is 6.79. The van der Waals surface area contributed by atoms with Gasteiger partial charge in [-0.05, 0) is 61.7 Å². The van der Waals surface area contributed by atoms with E-state index in [0.717, 1.165) is 30.7 Å². The molecule has 196 valence electrons. The number of guanidine groups is 1. The number of benzene rings is 3. The van der Waals surface area contributed by atoms with Gasteiger partial charge in [0.25, 0.3) is 5.91 Å². The van der Waals surface area contributed by atoms with Gasteiger partial charge in [-0.2, -0.15) is 0 Å². The highest BCUT2D eigenvalue weighted by Crippen LogP contribution is 2.23. The van der Waals surface area contributed by atoms with Gasteiger partial charge in [0.15, 0.2) is 5.88 Å². The van der Waals surface area contributed by atoms with E-state index in [-0.39, 0.29) is 5.91 Å². The number of nitrogen functional groups attached to an aromatic ring is 1. The minimum atomic E-state index is -0.224. The summed E-state index contributed by atoms with van der Waals surface area (Å²) < 4.78 is 5.78. The van der Waals surface area contributed by atoms with Gasteiger partial charge in [0, 0.05) is 12.0 Å². The fraction of sp³-hybridized carbons (Fsp3) is 0.233. The lowest BCUT2D eigenvalue weighted by Gasteiger charge is -2.15. The smallest absolute Gasteiger partial charge is 0.255 e.